The Labute approximate surface area is 160 Å². The van der Waals surface area contributed by atoms with Crippen LogP contribution in [0.25, 0.3) is 10.9 Å². The zero-order chi connectivity index (χ0) is 17.5. The van der Waals surface area contributed by atoms with Gasteiger partial charge in [0.05, 0.1) is 0 Å². The Bertz CT molecular complexity index is 905. The lowest BCUT2D eigenvalue weighted by atomic mass is 9.85. The molecule has 1 saturated carbocycles. The summed E-state index contributed by atoms with van der Waals surface area (Å²) in [5.41, 5.74) is 6.06. The third-order valence-corrected chi connectivity index (χ3v) is 8.10. The van der Waals surface area contributed by atoms with Crippen molar-refractivity contribution in [2.75, 3.05) is 0 Å². The summed E-state index contributed by atoms with van der Waals surface area (Å²) in [6.07, 6.45) is 7.06. The van der Waals surface area contributed by atoms with Crippen LogP contribution in [0.5, 0.6) is 0 Å². The van der Waals surface area contributed by atoms with Crippen molar-refractivity contribution < 1.29 is 0 Å². The van der Waals surface area contributed by atoms with Crippen molar-refractivity contribution in [1.82, 2.24) is 4.57 Å². The fraction of sp³-hybridized carbons (Fsp3) is 0.417. The predicted molar refractivity (Wildman–Crippen MR) is 113 cm³/mol. The third-order valence-electron chi connectivity index (χ3n) is 6.45. The van der Waals surface area contributed by atoms with Gasteiger partial charge in [0, 0.05) is 33.6 Å². The molecule has 2 aromatic carbocycles. The molecule has 134 valence electrons. The van der Waals surface area contributed by atoms with E-state index in [-0.39, 0.29) is 0 Å². The molecule has 3 aromatic rings. The van der Waals surface area contributed by atoms with E-state index in [0.29, 0.717) is 10.5 Å². The smallest absolute Gasteiger partial charge is 0.0488 e. The molecule has 0 bridgehead atoms. The predicted octanol–water partition coefficient (Wildman–Crippen LogP) is 7.06. The number of aromatic nitrogens is 1. The molecule has 0 spiro atoms. The van der Waals surface area contributed by atoms with Crippen LogP contribution >= 0.6 is 11.8 Å². The second-order valence-corrected chi connectivity index (χ2v) is 9.34. The van der Waals surface area contributed by atoms with E-state index >= 15 is 0 Å². The molecular formula is C24H27NS. The van der Waals surface area contributed by atoms with Gasteiger partial charge in [-0.2, -0.15) is 0 Å². The minimum Gasteiger partial charge on any atom is -0.342 e. The highest BCUT2D eigenvalue weighted by Crippen LogP contribution is 2.54. The summed E-state index contributed by atoms with van der Waals surface area (Å²) < 4.78 is 2.66. The first kappa shape index (κ1) is 16.5. The Morgan fingerprint density at radius 1 is 0.885 bits per heavy atom. The van der Waals surface area contributed by atoms with Crippen molar-refractivity contribution in [2.24, 2.45) is 5.92 Å². The Balaban J connectivity index is 1.64. The number of benzene rings is 2. The van der Waals surface area contributed by atoms with Gasteiger partial charge < -0.3 is 4.57 Å². The minimum atomic E-state index is 0.561. The summed E-state index contributed by atoms with van der Waals surface area (Å²) in [4.78, 5) is 0. The van der Waals surface area contributed by atoms with Crippen molar-refractivity contribution in [3.8, 4) is 0 Å². The zero-order valence-corrected chi connectivity index (χ0v) is 16.3. The summed E-state index contributed by atoms with van der Waals surface area (Å²) in [6, 6.07) is 20.2. The van der Waals surface area contributed by atoms with E-state index in [9.17, 15) is 0 Å². The van der Waals surface area contributed by atoms with Gasteiger partial charge in [-0.3, -0.25) is 0 Å². The number of aryl methyl sites for hydroxylation is 1. The van der Waals surface area contributed by atoms with Gasteiger partial charge in [0.2, 0.25) is 0 Å². The molecule has 2 heteroatoms. The van der Waals surface area contributed by atoms with Gasteiger partial charge in [0.25, 0.3) is 0 Å². The van der Waals surface area contributed by atoms with Gasteiger partial charge in [-0.15, -0.1) is 11.8 Å². The Morgan fingerprint density at radius 3 is 2.42 bits per heavy atom. The molecule has 2 aliphatic rings. The van der Waals surface area contributed by atoms with Crippen LogP contribution in [0.3, 0.4) is 0 Å². The Hall–Kier alpha value is -1.67. The maximum atomic E-state index is 2.66. The van der Waals surface area contributed by atoms with E-state index in [1.54, 1.807) is 5.69 Å². The van der Waals surface area contributed by atoms with Gasteiger partial charge in [-0.25, -0.2) is 0 Å². The topological polar surface area (TPSA) is 4.93 Å². The fourth-order valence-electron chi connectivity index (χ4n) is 5.13. The van der Waals surface area contributed by atoms with Crippen molar-refractivity contribution in [3.05, 3.63) is 71.4 Å². The van der Waals surface area contributed by atoms with Crippen LogP contribution in [0, 0.1) is 12.8 Å². The van der Waals surface area contributed by atoms with E-state index in [1.807, 2.05) is 0 Å². The molecule has 1 nitrogen and oxygen atoms in total. The fourth-order valence-corrected chi connectivity index (χ4v) is 6.96. The normalized spacial score (nSPS) is 23.9. The number of rotatable bonds is 2. The molecule has 0 saturated heterocycles. The maximum Gasteiger partial charge on any atom is 0.0488 e. The van der Waals surface area contributed by atoms with E-state index in [1.165, 1.54) is 54.1 Å². The van der Waals surface area contributed by atoms with Crippen LogP contribution in [0.15, 0.2) is 54.6 Å². The maximum absolute atomic E-state index is 2.66. The first-order valence-electron chi connectivity index (χ1n) is 10.1. The van der Waals surface area contributed by atoms with Crippen LogP contribution in [0.1, 0.15) is 59.4 Å². The first-order valence-corrected chi connectivity index (χ1v) is 11.1. The minimum absolute atomic E-state index is 0.561. The summed E-state index contributed by atoms with van der Waals surface area (Å²) >= 11 is 2.24. The van der Waals surface area contributed by atoms with Crippen LogP contribution < -0.4 is 0 Å². The number of hydrogen-bond donors (Lipinski definition) is 0. The lowest BCUT2D eigenvalue weighted by Crippen LogP contribution is -2.24. The van der Waals surface area contributed by atoms with Crippen molar-refractivity contribution >= 4 is 22.7 Å². The number of para-hydroxylation sites is 1. The number of thioether (sulfide) groups is 1. The van der Waals surface area contributed by atoms with Gasteiger partial charge in [-0.05, 0) is 42.9 Å². The molecule has 0 amide bonds. The first-order chi connectivity index (χ1) is 12.8. The molecule has 2 heterocycles. The monoisotopic (exact) mass is 361 g/mol. The molecule has 1 aliphatic heterocycles. The molecule has 5 rings (SSSR count). The largest absolute Gasteiger partial charge is 0.342 e. The summed E-state index contributed by atoms with van der Waals surface area (Å²) in [5, 5.41) is 2.66. The average molecular weight is 362 g/mol. The van der Waals surface area contributed by atoms with E-state index < -0.39 is 0 Å². The standard InChI is InChI=1S/C24H27NS/c1-17-20-14-8-9-15-21(20)25-16-22(18-10-4-2-5-11-18)26-24(23(17)25)19-12-6-3-7-13-19/h2,4-5,8-11,14-15,19,22,24H,3,6-7,12-13,16H2,1H3/t22-,24+/m1/s1. The SMILES string of the molecule is Cc1c2n(c3ccccc13)C[C@H](c1ccccc1)S[C@H]2C1CCCCC1. The quantitative estimate of drug-likeness (QED) is 0.473. The van der Waals surface area contributed by atoms with Crippen LogP contribution in [-0.2, 0) is 6.54 Å². The summed E-state index contributed by atoms with van der Waals surface area (Å²) in [6.45, 7) is 3.45. The molecule has 0 unspecified atom stereocenters. The van der Waals surface area contributed by atoms with Gasteiger partial charge in [0.1, 0.15) is 0 Å². The molecule has 1 fully saturated rings. The van der Waals surface area contributed by atoms with E-state index in [0.717, 1.165) is 12.5 Å². The van der Waals surface area contributed by atoms with Crippen molar-refractivity contribution in [3.63, 3.8) is 0 Å². The summed E-state index contributed by atoms with van der Waals surface area (Å²) in [5.74, 6) is 0.835. The molecule has 26 heavy (non-hydrogen) atoms. The van der Waals surface area contributed by atoms with E-state index in [4.69, 9.17) is 0 Å². The van der Waals surface area contributed by atoms with Gasteiger partial charge >= 0.3 is 0 Å². The lowest BCUT2D eigenvalue weighted by molar-refractivity contribution is 0.341. The van der Waals surface area contributed by atoms with E-state index in [2.05, 4.69) is 77.9 Å². The van der Waals surface area contributed by atoms with Crippen LogP contribution in [0.2, 0.25) is 0 Å². The Morgan fingerprint density at radius 2 is 1.62 bits per heavy atom. The van der Waals surface area contributed by atoms with Crippen molar-refractivity contribution in [1.29, 1.82) is 0 Å². The number of nitrogens with zero attached hydrogens (tertiary/aromatic N) is 1. The zero-order valence-electron chi connectivity index (χ0n) is 15.5. The Kier molecular flexibility index (Phi) is 4.32. The highest BCUT2D eigenvalue weighted by Gasteiger charge is 2.36. The summed E-state index contributed by atoms with van der Waals surface area (Å²) in [7, 11) is 0. The molecule has 1 aliphatic carbocycles. The van der Waals surface area contributed by atoms with Crippen molar-refractivity contribution in [2.45, 2.75) is 56.1 Å². The highest BCUT2D eigenvalue weighted by atomic mass is 32.2. The third kappa shape index (κ3) is 2.70. The number of fused-ring (bicyclic) bond motifs is 3. The van der Waals surface area contributed by atoms with Gasteiger partial charge in [0.15, 0.2) is 0 Å². The highest BCUT2D eigenvalue weighted by molar-refractivity contribution is 7.99. The lowest BCUT2D eigenvalue weighted by Gasteiger charge is -2.38. The molecular weight excluding hydrogens is 334 g/mol. The molecule has 2 atom stereocenters. The molecule has 1 aromatic heterocycles. The van der Waals surface area contributed by atoms with Crippen LogP contribution in [-0.4, -0.2) is 4.57 Å². The van der Waals surface area contributed by atoms with Crippen LogP contribution in [0.4, 0.5) is 0 Å². The second-order valence-electron chi connectivity index (χ2n) is 7.99. The second kappa shape index (κ2) is 6.81. The average Bonchev–Trinajstić information content (AvgIpc) is 3.01. The molecule has 0 radical (unpaired) electrons. The van der Waals surface area contributed by atoms with Gasteiger partial charge in [-0.1, -0.05) is 67.8 Å². The molecule has 0 N–H and O–H groups in total. The number of hydrogen-bond acceptors (Lipinski definition) is 1.